The lowest BCUT2D eigenvalue weighted by Gasteiger charge is -2.31. The van der Waals surface area contributed by atoms with Gasteiger partial charge in [0.05, 0.1) is 5.54 Å². The molecule has 2 heteroatoms. The highest BCUT2D eigenvalue weighted by atomic mass is 14.8. The molecule has 56 valence electrons. The van der Waals surface area contributed by atoms with Gasteiger partial charge in [0.1, 0.15) is 0 Å². The molecule has 2 unspecified atom stereocenters. The molecular formula is C8H14N2. The van der Waals surface area contributed by atoms with E-state index >= 15 is 0 Å². The average molecular weight is 138 g/mol. The zero-order valence-electron chi connectivity index (χ0n) is 6.46. The summed E-state index contributed by atoms with van der Waals surface area (Å²) in [6.45, 7) is 3.93. The van der Waals surface area contributed by atoms with Crippen molar-refractivity contribution < 1.29 is 0 Å². The minimum absolute atomic E-state index is 0.0301. The number of nitrogens with two attached hydrogens (primary N) is 2. The van der Waals surface area contributed by atoms with E-state index in [0.717, 1.165) is 5.57 Å². The van der Waals surface area contributed by atoms with Crippen molar-refractivity contribution in [1.82, 2.24) is 0 Å². The standard InChI is InChI=1S/C8H14N2/c1-6-4-3-5-8(2,10)7(6)9/h3-5,7H,9-10H2,1-2H3. The first-order chi connectivity index (χ1) is 4.54. The Labute approximate surface area is 61.6 Å². The highest BCUT2D eigenvalue weighted by molar-refractivity contribution is 5.30. The first-order valence-corrected chi connectivity index (χ1v) is 3.44. The van der Waals surface area contributed by atoms with E-state index in [2.05, 4.69) is 0 Å². The Kier molecular flexibility index (Phi) is 1.67. The van der Waals surface area contributed by atoms with E-state index in [-0.39, 0.29) is 11.6 Å². The van der Waals surface area contributed by atoms with Crippen LogP contribution >= 0.6 is 0 Å². The van der Waals surface area contributed by atoms with Crippen molar-refractivity contribution >= 4 is 0 Å². The van der Waals surface area contributed by atoms with Gasteiger partial charge >= 0.3 is 0 Å². The van der Waals surface area contributed by atoms with Crippen LogP contribution in [-0.4, -0.2) is 11.6 Å². The summed E-state index contributed by atoms with van der Waals surface area (Å²) < 4.78 is 0. The van der Waals surface area contributed by atoms with Crippen molar-refractivity contribution in [2.75, 3.05) is 0 Å². The Morgan fingerprint density at radius 1 is 1.60 bits per heavy atom. The second kappa shape index (κ2) is 2.22. The van der Waals surface area contributed by atoms with Crippen LogP contribution in [0.1, 0.15) is 13.8 Å². The van der Waals surface area contributed by atoms with Crippen LogP contribution in [0.15, 0.2) is 23.8 Å². The topological polar surface area (TPSA) is 52.0 Å². The van der Waals surface area contributed by atoms with Crippen LogP contribution in [0.2, 0.25) is 0 Å². The van der Waals surface area contributed by atoms with Gasteiger partial charge in [-0.2, -0.15) is 0 Å². The Morgan fingerprint density at radius 2 is 2.20 bits per heavy atom. The fourth-order valence-corrected chi connectivity index (χ4v) is 1.11. The van der Waals surface area contributed by atoms with Gasteiger partial charge in [-0.15, -0.1) is 0 Å². The van der Waals surface area contributed by atoms with Gasteiger partial charge in [0, 0.05) is 6.04 Å². The van der Waals surface area contributed by atoms with Crippen molar-refractivity contribution in [2.45, 2.75) is 25.4 Å². The monoisotopic (exact) mass is 138 g/mol. The summed E-state index contributed by atoms with van der Waals surface area (Å²) in [6, 6.07) is -0.0301. The van der Waals surface area contributed by atoms with E-state index < -0.39 is 0 Å². The summed E-state index contributed by atoms with van der Waals surface area (Å²) >= 11 is 0. The Balaban J connectivity index is 2.89. The quantitative estimate of drug-likeness (QED) is 0.513. The van der Waals surface area contributed by atoms with Crippen molar-refractivity contribution in [2.24, 2.45) is 11.5 Å². The van der Waals surface area contributed by atoms with Gasteiger partial charge in [0.25, 0.3) is 0 Å². The molecule has 0 aromatic carbocycles. The molecule has 10 heavy (non-hydrogen) atoms. The predicted octanol–water partition coefficient (Wildman–Crippen LogP) is 0.547. The number of rotatable bonds is 0. The highest BCUT2D eigenvalue weighted by Crippen LogP contribution is 2.18. The van der Waals surface area contributed by atoms with Crippen molar-refractivity contribution in [3.8, 4) is 0 Å². The summed E-state index contributed by atoms with van der Waals surface area (Å²) in [6.07, 6.45) is 5.89. The molecule has 4 N–H and O–H groups in total. The van der Waals surface area contributed by atoms with Gasteiger partial charge in [-0.3, -0.25) is 0 Å². The number of hydrogen-bond acceptors (Lipinski definition) is 2. The van der Waals surface area contributed by atoms with E-state index in [0.29, 0.717) is 0 Å². The molecule has 0 saturated heterocycles. The maximum absolute atomic E-state index is 5.86. The molecule has 0 radical (unpaired) electrons. The molecule has 0 spiro atoms. The van der Waals surface area contributed by atoms with Crippen LogP contribution in [0.3, 0.4) is 0 Å². The third-order valence-corrected chi connectivity index (χ3v) is 1.98. The minimum atomic E-state index is -0.362. The first-order valence-electron chi connectivity index (χ1n) is 3.44. The molecular weight excluding hydrogens is 124 g/mol. The molecule has 1 aliphatic carbocycles. The zero-order valence-corrected chi connectivity index (χ0v) is 6.46. The zero-order chi connectivity index (χ0) is 7.78. The Bertz CT molecular complexity index is 189. The van der Waals surface area contributed by atoms with Gasteiger partial charge in [-0.05, 0) is 13.8 Å². The lowest BCUT2D eigenvalue weighted by atomic mass is 9.85. The second-order valence-corrected chi connectivity index (χ2v) is 3.11. The molecule has 0 fully saturated rings. The van der Waals surface area contributed by atoms with E-state index in [1.54, 1.807) is 0 Å². The molecule has 0 heterocycles. The second-order valence-electron chi connectivity index (χ2n) is 3.11. The van der Waals surface area contributed by atoms with Gasteiger partial charge in [-0.25, -0.2) is 0 Å². The third-order valence-electron chi connectivity index (χ3n) is 1.98. The van der Waals surface area contributed by atoms with Gasteiger partial charge < -0.3 is 11.5 Å². The fourth-order valence-electron chi connectivity index (χ4n) is 1.11. The van der Waals surface area contributed by atoms with Crippen LogP contribution in [0.5, 0.6) is 0 Å². The summed E-state index contributed by atoms with van der Waals surface area (Å²) in [7, 11) is 0. The van der Waals surface area contributed by atoms with Crippen molar-refractivity contribution in [3.63, 3.8) is 0 Å². The molecule has 0 saturated carbocycles. The maximum atomic E-state index is 5.86. The summed E-state index contributed by atoms with van der Waals surface area (Å²) in [5.41, 5.74) is 12.5. The lowest BCUT2D eigenvalue weighted by Crippen LogP contribution is -2.52. The molecule has 0 aromatic rings. The largest absolute Gasteiger partial charge is 0.322 e. The van der Waals surface area contributed by atoms with E-state index in [4.69, 9.17) is 11.5 Å². The molecule has 2 atom stereocenters. The maximum Gasteiger partial charge on any atom is 0.0506 e. The average Bonchev–Trinajstić information content (AvgIpc) is 1.83. The molecule has 0 amide bonds. The van der Waals surface area contributed by atoms with Crippen LogP contribution < -0.4 is 11.5 Å². The Morgan fingerprint density at radius 3 is 2.60 bits per heavy atom. The van der Waals surface area contributed by atoms with Crippen molar-refractivity contribution in [1.29, 1.82) is 0 Å². The molecule has 2 nitrogen and oxygen atoms in total. The molecule has 0 aromatic heterocycles. The van der Waals surface area contributed by atoms with Gasteiger partial charge in [0.2, 0.25) is 0 Å². The molecule has 0 aliphatic heterocycles. The van der Waals surface area contributed by atoms with Crippen LogP contribution in [0.25, 0.3) is 0 Å². The number of hydrogen-bond donors (Lipinski definition) is 2. The minimum Gasteiger partial charge on any atom is -0.322 e. The lowest BCUT2D eigenvalue weighted by molar-refractivity contribution is 0.496. The number of allylic oxidation sites excluding steroid dienone is 2. The highest BCUT2D eigenvalue weighted by Gasteiger charge is 2.26. The van der Waals surface area contributed by atoms with Gasteiger partial charge in [0.15, 0.2) is 0 Å². The fraction of sp³-hybridized carbons (Fsp3) is 0.500. The molecule has 0 bridgehead atoms. The van der Waals surface area contributed by atoms with E-state index in [9.17, 15) is 0 Å². The Hall–Kier alpha value is -0.600. The molecule has 1 aliphatic rings. The normalized spacial score (nSPS) is 39.6. The smallest absolute Gasteiger partial charge is 0.0506 e. The summed E-state index contributed by atoms with van der Waals surface area (Å²) in [5, 5.41) is 0. The van der Waals surface area contributed by atoms with Crippen LogP contribution in [-0.2, 0) is 0 Å². The van der Waals surface area contributed by atoms with Crippen LogP contribution in [0, 0.1) is 0 Å². The van der Waals surface area contributed by atoms with Crippen molar-refractivity contribution in [3.05, 3.63) is 23.8 Å². The van der Waals surface area contributed by atoms with E-state index in [1.165, 1.54) is 0 Å². The third kappa shape index (κ3) is 1.13. The van der Waals surface area contributed by atoms with Crippen LogP contribution in [0.4, 0.5) is 0 Å². The van der Waals surface area contributed by atoms with E-state index in [1.807, 2.05) is 32.1 Å². The SMILES string of the molecule is CC1=CC=CC(C)(N)C1N. The predicted molar refractivity (Wildman–Crippen MR) is 43.5 cm³/mol. The first kappa shape index (κ1) is 7.51. The van der Waals surface area contributed by atoms with Gasteiger partial charge in [-0.1, -0.05) is 23.8 Å². The summed E-state index contributed by atoms with van der Waals surface area (Å²) in [4.78, 5) is 0. The summed E-state index contributed by atoms with van der Waals surface area (Å²) in [5.74, 6) is 0. The molecule has 1 rings (SSSR count).